The monoisotopic (exact) mass is 437 g/mol. The number of hydrogen-bond donors (Lipinski definition) is 1. The van der Waals surface area contributed by atoms with Gasteiger partial charge in [-0.15, -0.1) is 0 Å². The molecule has 1 heterocycles. The highest BCUT2D eigenvalue weighted by molar-refractivity contribution is 6.33. The van der Waals surface area contributed by atoms with Gasteiger partial charge in [-0.05, 0) is 58.0 Å². The molecule has 32 heavy (non-hydrogen) atoms. The summed E-state index contributed by atoms with van der Waals surface area (Å²) in [5.74, 6) is 1.80. The summed E-state index contributed by atoms with van der Waals surface area (Å²) in [6.07, 6.45) is 5.73. The van der Waals surface area contributed by atoms with Crippen molar-refractivity contribution in [3.05, 3.63) is 119 Å². The first-order valence-corrected chi connectivity index (χ1v) is 11.6. The van der Waals surface area contributed by atoms with Gasteiger partial charge in [-0.1, -0.05) is 90.5 Å². The third-order valence-electron chi connectivity index (χ3n) is 6.86. The topological polar surface area (TPSA) is 21.3 Å². The van der Waals surface area contributed by atoms with Crippen molar-refractivity contribution in [1.29, 1.82) is 0 Å². The molecule has 158 valence electrons. The van der Waals surface area contributed by atoms with Crippen LogP contribution in [0.3, 0.4) is 0 Å². The van der Waals surface area contributed by atoms with Gasteiger partial charge in [0.25, 0.3) is 0 Å². The number of allylic oxidation sites excluding steroid dienone is 2. The Kier molecular flexibility index (Phi) is 4.88. The molecular formula is C29H24ClNO. The highest BCUT2D eigenvalue weighted by Gasteiger charge is 2.38. The fourth-order valence-electron chi connectivity index (χ4n) is 5.26. The molecule has 2 nitrogen and oxygen atoms in total. The number of rotatable bonds is 4. The Bertz CT molecular complexity index is 1310. The second-order valence-electron chi connectivity index (χ2n) is 8.68. The molecule has 0 amide bonds. The van der Waals surface area contributed by atoms with Crippen LogP contribution in [-0.4, -0.2) is 0 Å². The van der Waals surface area contributed by atoms with Gasteiger partial charge >= 0.3 is 0 Å². The van der Waals surface area contributed by atoms with E-state index < -0.39 is 0 Å². The summed E-state index contributed by atoms with van der Waals surface area (Å²) in [7, 11) is 0. The minimum Gasteiger partial charge on any atom is -0.489 e. The number of nitrogens with one attached hydrogen (secondary N) is 1. The first kappa shape index (κ1) is 19.5. The summed E-state index contributed by atoms with van der Waals surface area (Å²) in [5, 5.41) is 7.02. The summed E-state index contributed by atoms with van der Waals surface area (Å²) in [4.78, 5) is 0. The maximum Gasteiger partial charge on any atom is 0.119 e. The van der Waals surface area contributed by atoms with Crippen molar-refractivity contribution in [3.63, 3.8) is 0 Å². The molecular weight excluding hydrogens is 414 g/mol. The van der Waals surface area contributed by atoms with Gasteiger partial charge in [0.15, 0.2) is 0 Å². The van der Waals surface area contributed by atoms with Crippen LogP contribution in [0.4, 0.5) is 5.69 Å². The van der Waals surface area contributed by atoms with Gasteiger partial charge in [-0.25, -0.2) is 0 Å². The molecule has 0 unspecified atom stereocenters. The summed E-state index contributed by atoms with van der Waals surface area (Å²) in [6.45, 7) is 0.556. The quantitative estimate of drug-likeness (QED) is 0.327. The van der Waals surface area contributed by atoms with Crippen molar-refractivity contribution in [3.8, 4) is 5.75 Å². The van der Waals surface area contributed by atoms with Crippen LogP contribution in [0.1, 0.15) is 35.1 Å². The van der Waals surface area contributed by atoms with Crippen LogP contribution < -0.4 is 10.1 Å². The number of para-hydroxylation sites is 1. The van der Waals surface area contributed by atoms with Crippen LogP contribution in [-0.2, 0) is 6.61 Å². The van der Waals surface area contributed by atoms with E-state index in [0.29, 0.717) is 18.4 Å². The van der Waals surface area contributed by atoms with Crippen molar-refractivity contribution in [2.24, 2.45) is 5.92 Å². The van der Waals surface area contributed by atoms with E-state index in [9.17, 15) is 0 Å². The molecule has 0 spiro atoms. The van der Waals surface area contributed by atoms with E-state index in [2.05, 4.69) is 96.3 Å². The van der Waals surface area contributed by atoms with E-state index in [1.165, 1.54) is 27.5 Å². The Labute approximate surface area is 193 Å². The summed E-state index contributed by atoms with van der Waals surface area (Å²) >= 11 is 6.54. The number of hydrogen-bond acceptors (Lipinski definition) is 2. The first-order valence-electron chi connectivity index (χ1n) is 11.2. The molecule has 0 fully saturated rings. The molecule has 0 bridgehead atoms. The SMILES string of the molecule is Clc1cccc2c1N[C@@H](c1ccc(OCc3cccc4ccccc34)cc1)[C@H]1CC=C[C@@H]21. The Morgan fingerprint density at radius 2 is 1.69 bits per heavy atom. The van der Waals surface area contributed by atoms with Gasteiger partial charge in [-0.3, -0.25) is 0 Å². The van der Waals surface area contributed by atoms with Gasteiger partial charge in [-0.2, -0.15) is 0 Å². The van der Waals surface area contributed by atoms with Crippen LogP contribution in [0.15, 0.2) is 97.1 Å². The van der Waals surface area contributed by atoms with Gasteiger partial charge in [0.1, 0.15) is 12.4 Å². The van der Waals surface area contributed by atoms with Crippen molar-refractivity contribution < 1.29 is 4.74 Å². The normalized spacial score (nSPS) is 21.1. The number of ether oxygens (including phenoxy) is 1. The predicted octanol–water partition coefficient (Wildman–Crippen LogP) is 7.90. The van der Waals surface area contributed by atoms with Crippen molar-refractivity contribution >= 4 is 28.1 Å². The van der Waals surface area contributed by atoms with Crippen molar-refractivity contribution in [2.75, 3.05) is 5.32 Å². The summed E-state index contributed by atoms with van der Waals surface area (Å²) < 4.78 is 6.15. The maximum atomic E-state index is 6.54. The lowest BCUT2D eigenvalue weighted by atomic mass is 9.77. The third kappa shape index (κ3) is 3.36. The highest BCUT2D eigenvalue weighted by atomic mass is 35.5. The summed E-state index contributed by atoms with van der Waals surface area (Å²) in [6, 6.07) is 29.8. The number of anilines is 1. The van der Waals surface area contributed by atoms with E-state index in [0.717, 1.165) is 22.9 Å². The number of fused-ring (bicyclic) bond motifs is 4. The molecule has 4 aromatic rings. The lowest BCUT2D eigenvalue weighted by Crippen LogP contribution is -2.29. The third-order valence-corrected chi connectivity index (χ3v) is 7.17. The number of halogens is 1. The molecule has 0 aromatic heterocycles. The smallest absolute Gasteiger partial charge is 0.119 e. The largest absolute Gasteiger partial charge is 0.489 e. The van der Waals surface area contributed by atoms with Gasteiger partial charge in [0, 0.05) is 5.92 Å². The molecule has 4 aromatic carbocycles. The minimum atomic E-state index is 0.231. The molecule has 1 N–H and O–H groups in total. The average Bonchev–Trinajstić information content (AvgIpc) is 3.33. The molecule has 3 atom stereocenters. The highest BCUT2D eigenvalue weighted by Crippen LogP contribution is 2.51. The van der Waals surface area contributed by atoms with E-state index in [1.807, 2.05) is 6.07 Å². The summed E-state index contributed by atoms with van der Waals surface area (Å²) in [5.41, 5.74) is 4.85. The Morgan fingerprint density at radius 1 is 0.875 bits per heavy atom. The molecule has 1 aliphatic carbocycles. The average molecular weight is 438 g/mol. The second-order valence-corrected chi connectivity index (χ2v) is 9.08. The maximum absolute atomic E-state index is 6.54. The van der Waals surface area contributed by atoms with E-state index in [1.54, 1.807) is 0 Å². The number of benzene rings is 4. The fraction of sp³-hybridized carbons (Fsp3) is 0.172. The van der Waals surface area contributed by atoms with Gasteiger partial charge in [0.05, 0.1) is 16.8 Å². The Balaban J connectivity index is 1.23. The van der Waals surface area contributed by atoms with Crippen LogP contribution in [0, 0.1) is 5.92 Å². The Morgan fingerprint density at radius 3 is 2.59 bits per heavy atom. The second kappa shape index (κ2) is 8.03. The van der Waals surface area contributed by atoms with Gasteiger partial charge < -0.3 is 10.1 Å². The van der Waals surface area contributed by atoms with Crippen molar-refractivity contribution in [2.45, 2.75) is 25.0 Å². The van der Waals surface area contributed by atoms with Crippen LogP contribution in [0.2, 0.25) is 5.02 Å². The molecule has 6 rings (SSSR count). The Hall–Kier alpha value is -3.23. The van der Waals surface area contributed by atoms with Crippen LogP contribution in [0.25, 0.3) is 10.8 Å². The molecule has 2 aliphatic rings. The molecule has 0 radical (unpaired) electrons. The van der Waals surface area contributed by atoms with Crippen molar-refractivity contribution in [1.82, 2.24) is 0 Å². The zero-order valence-corrected chi connectivity index (χ0v) is 18.4. The fourth-order valence-corrected chi connectivity index (χ4v) is 5.50. The predicted molar refractivity (Wildman–Crippen MR) is 133 cm³/mol. The van der Waals surface area contributed by atoms with Crippen LogP contribution >= 0.6 is 11.6 Å². The zero-order valence-electron chi connectivity index (χ0n) is 17.7. The lowest BCUT2D eigenvalue weighted by molar-refractivity contribution is 0.307. The standard InChI is InChI=1S/C29H24ClNO/c30-27-13-5-12-26-24-10-4-11-25(24)28(31-29(26)27)20-14-16-22(17-15-20)32-18-21-8-3-7-19-6-1-2-9-23(19)21/h1-10,12-17,24-25,28,31H,11,18H2/t24-,25+,28+/m1/s1. The molecule has 0 saturated carbocycles. The van der Waals surface area contributed by atoms with E-state index >= 15 is 0 Å². The molecule has 1 aliphatic heterocycles. The van der Waals surface area contributed by atoms with E-state index in [-0.39, 0.29) is 6.04 Å². The molecule has 3 heteroatoms. The minimum absolute atomic E-state index is 0.231. The van der Waals surface area contributed by atoms with Gasteiger partial charge in [0.2, 0.25) is 0 Å². The zero-order chi connectivity index (χ0) is 21.5. The first-order chi connectivity index (χ1) is 15.8. The molecule has 0 saturated heterocycles. The van der Waals surface area contributed by atoms with Crippen LogP contribution in [0.5, 0.6) is 5.75 Å². The van der Waals surface area contributed by atoms with E-state index in [4.69, 9.17) is 16.3 Å². The lowest BCUT2D eigenvalue weighted by Gasteiger charge is -2.38.